The molecule has 2 aromatic rings. The molecule has 0 aromatic heterocycles. The van der Waals surface area contributed by atoms with Crippen LogP contribution in [0.4, 0.5) is 0 Å². The minimum absolute atomic E-state index is 0.196. The standard InChI is InChI=1S/C18H18Cl2N2O3/c1-3-16(25-13-7-4-11(2)5-8-13)18(24)22-21-17(23)14-9-6-12(19)10-15(14)20/h4-10,16H,3H2,1-2H3,(H,21,23)(H,22,24). The maximum Gasteiger partial charge on any atom is 0.279 e. The first-order valence-electron chi connectivity index (χ1n) is 7.69. The van der Waals surface area contributed by atoms with E-state index < -0.39 is 17.9 Å². The lowest BCUT2D eigenvalue weighted by Gasteiger charge is -2.17. The summed E-state index contributed by atoms with van der Waals surface area (Å²) in [5.74, 6) is -0.415. The van der Waals surface area contributed by atoms with Gasteiger partial charge in [-0.25, -0.2) is 0 Å². The van der Waals surface area contributed by atoms with E-state index in [9.17, 15) is 9.59 Å². The molecule has 2 N–H and O–H groups in total. The summed E-state index contributed by atoms with van der Waals surface area (Å²) in [6.45, 7) is 3.78. The lowest BCUT2D eigenvalue weighted by molar-refractivity contribution is -0.128. The van der Waals surface area contributed by atoms with Crippen molar-refractivity contribution in [2.24, 2.45) is 0 Å². The molecule has 132 valence electrons. The van der Waals surface area contributed by atoms with Crippen LogP contribution in [0.25, 0.3) is 0 Å². The van der Waals surface area contributed by atoms with Gasteiger partial charge in [0.25, 0.3) is 11.8 Å². The Hall–Kier alpha value is -2.24. The molecule has 0 saturated heterocycles. The van der Waals surface area contributed by atoms with Gasteiger partial charge in [0.05, 0.1) is 10.6 Å². The summed E-state index contributed by atoms with van der Waals surface area (Å²) >= 11 is 11.8. The zero-order chi connectivity index (χ0) is 18.4. The Kier molecular flexibility index (Phi) is 6.67. The fraction of sp³-hybridized carbons (Fsp3) is 0.222. The fourth-order valence-electron chi connectivity index (χ4n) is 2.04. The third-order valence-electron chi connectivity index (χ3n) is 3.44. The lowest BCUT2D eigenvalue weighted by Crippen LogP contribution is -2.48. The third-order valence-corrected chi connectivity index (χ3v) is 3.99. The van der Waals surface area contributed by atoms with Crippen molar-refractivity contribution in [1.82, 2.24) is 10.9 Å². The molecule has 1 unspecified atom stereocenters. The van der Waals surface area contributed by atoms with Crippen molar-refractivity contribution in [2.75, 3.05) is 0 Å². The lowest BCUT2D eigenvalue weighted by atomic mass is 10.2. The quantitative estimate of drug-likeness (QED) is 0.772. The molecule has 0 saturated carbocycles. The minimum atomic E-state index is -0.733. The molecule has 0 bridgehead atoms. The van der Waals surface area contributed by atoms with Crippen LogP contribution >= 0.6 is 23.2 Å². The number of carbonyl (C=O) groups excluding carboxylic acids is 2. The van der Waals surface area contributed by atoms with E-state index in [1.807, 2.05) is 26.0 Å². The van der Waals surface area contributed by atoms with Gasteiger partial charge in [-0.15, -0.1) is 0 Å². The summed E-state index contributed by atoms with van der Waals surface area (Å²) in [5, 5.41) is 0.616. The Balaban J connectivity index is 1.95. The number of rotatable bonds is 5. The van der Waals surface area contributed by atoms with Gasteiger partial charge in [-0.1, -0.05) is 47.8 Å². The summed E-state index contributed by atoms with van der Waals surface area (Å²) < 4.78 is 5.65. The number of ether oxygens (including phenoxy) is 1. The summed E-state index contributed by atoms with van der Waals surface area (Å²) in [6, 6.07) is 11.8. The van der Waals surface area contributed by atoms with Crippen LogP contribution in [-0.2, 0) is 4.79 Å². The van der Waals surface area contributed by atoms with Gasteiger partial charge in [0.15, 0.2) is 6.10 Å². The number of carbonyl (C=O) groups is 2. The van der Waals surface area contributed by atoms with Crippen molar-refractivity contribution in [3.05, 3.63) is 63.6 Å². The number of halogens is 2. The molecule has 2 rings (SSSR count). The minimum Gasteiger partial charge on any atom is -0.481 e. The Morgan fingerprint density at radius 1 is 1.08 bits per heavy atom. The first kappa shape index (κ1) is 19.1. The monoisotopic (exact) mass is 380 g/mol. The van der Waals surface area contributed by atoms with E-state index in [4.69, 9.17) is 27.9 Å². The molecule has 0 aliphatic rings. The number of benzene rings is 2. The van der Waals surface area contributed by atoms with Crippen LogP contribution in [0.15, 0.2) is 42.5 Å². The van der Waals surface area contributed by atoms with Gasteiger partial charge in [-0.05, 0) is 43.7 Å². The van der Waals surface area contributed by atoms with Gasteiger partial charge >= 0.3 is 0 Å². The van der Waals surface area contributed by atoms with E-state index in [0.717, 1.165) is 5.56 Å². The van der Waals surface area contributed by atoms with Gasteiger partial charge in [0.1, 0.15) is 5.75 Å². The highest BCUT2D eigenvalue weighted by Gasteiger charge is 2.20. The zero-order valence-electron chi connectivity index (χ0n) is 13.8. The van der Waals surface area contributed by atoms with Crippen LogP contribution in [0, 0.1) is 6.92 Å². The molecular weight excluding hydrogens is 363 g/mol. The zero-order valence-corrected chi connectivity index (χ0v) is 15.3. The number of hydrogen-bond acceptors (Lipinski definition) is 3. The number of hydrazine groups is 1. The van der Waals surface area contributed by atoms with E-state index in [1.165, 1.54) is 12.1 Å². The molecule has 0 fully saturated rings. The fourth-order valence-corrected chi connectivity index (χ4v) is 2.54. The highest BCUT2D eigenvalue weighted by Crippen LogP contribution is 2.20. The van der Waals surface area contributed by atoms with Gasteiger partial charge in [-0.2, -0.15) is 0 Å². The second-order valence-corrected chi connectivity index (χ2v) is 6.24. The second kappa shape index (κ2) is 8.74. The van der Waals surface area contributed by atoms with Crippen molar-refractivity contribution in [1.29, 1.82) is 0 Å². The molecule has 25 heavy (non-hydrogen) atoms. The van der Waals surface area contributed by atoms with Crippen LogP contribution in [0.1, 0.15) is 29.3 Å². The average Bonchev–Trinajstić information content (AvgIpc) is 2.59. The molecule has 2 aromatic carbocycles. The molecule has 1 atom stereocenters. The molecule has 0 radical (unpaired) electrons. The number of hydrogen-bond donors (Lipinski definition) is 2. The number of amides is 2. The maximum atomic E-state index is 12.2. The van der Waals surface area contributed by atoms with Gasteiger partial charge in [-0.3, -0.25) is 20.4 Å². The summed E-state index contributed by atoms with van der Waals surface area (Å²) in [7, 11) is 0. The summed E-state index contributed by atoms with van der Waals surface area (Å²) in [4.78, 5) is 24.3. The van der Waals surface area contributed by atoms with Crippen LogP contribution in [0.2, 0.25) is 10.0 Å². The van der Waals surface area contributed by atoms with Crippen molar-refractivity contribution >= 4 is 35.0 Å². The molecule has 0 aliphatic heterocycles. The molecule has 0 spiro atoms. The van der Waals surface area contributed by atoms with Crippen molar-refractivity contribution in [3.63, 3.8) is 0 Å². The molecule has 0 aliphatic carbocycles. The van der Waals surface area contributed by atoms with Gasteiger partial charge < -0.3 is 4.74 Å². The van der Waals surface area contributed by atoms with Crippen molar-refractivity contribution in [2.45, 2.75) is 26.4 Å². The summed E-state index contributed by atoms with van der Waals surface area (Å²) in [5.41, 5.74) is 5.97. The van der Waals surface area contributed by atoms with E-state index >= 15 is 0 Å². The Morgan fingerprint density at radius 2 is 1.76 bits per heavy atom. The van der Waals surface area contributed by atoms with Crippen LogP contribution in [0.5, 0.6) is 5.75 Å². The van der Waals surface area contributed by atoms with Crippen LogP contribution in [-0.4, -0.2) is 17.9 Å². The largest absolute Gasteiger partial charge is 0.481 e. The first-order valence-corrected chi connectivity index (χ1v) is 8.45. The predicted octanol–water partition coefficient (Wildman–Crippen LogP) is 3.92. The molecule has 5 nitrogen and oxygen atoms in total. The highest BCUT2D eigenvalue weighted by atomic mass is 35.5. The van der Waals surface area contributed by atoms with E-state index in [0.29, 0.717) is 17.2 Å². The third kappa shape index (κ3) is 5.37. The number of nitrogens with one attached hydrogen (secondary N) is 2. The Bertz CT molecular complexity index is 763. The first-order chi connectivity index (χ1) is 11.9. The maximum absolute atomic E-state index is 12.2. The van der Waals surface area contributed by atoms with Crippen molar-refractivity contribution < 1.29 is 14.3 Å². The molecular formula is C18H18Cl2N2O3. The molecule has 7 heteroatoms. The van der Waals surface area contributed by atoms with Crippen molar-refractivity contribution in [3.8, 4) is 5.75 Å². The number of aryl methyl sites for hydroxylation is 1. The molecule has 0 heterocycles. The highest BCUT2D eigenvalue weighted by molar-refractivity contribution is 6.36. The van der Waals surface area contributed by atoms with Gasteiger partial charge in [0.2, 0.25) is 0 Å². The smallest absolute Gasteiger partial charge is 0.279 e. The topological polar surface area (TPSA) is 67.4 Å². The molecule has 2 amide bonds. The normalized spacial score (nSPS) is 11.5. The Labute approximate surface area is 156 Å². The second-order valence-electron chi connectivity index (χ2n) is 5.40. The van der Waals surface area contributed by atoms with Gasteiger partial charge in [0, 0.05) is 5.02 Å². The SMILES string of the molecule is CCC(Oc1ccc(C)cc1)C(=O)NNC(=O)c1ccc(Cl)cc1Cl. The predicted molar refractivity (Wildman–Crippen MR) is 98.0 cm³/mol. The van der Waals surface area contributed by atoms with Crippen LogP contribution < -0.4 is 15.6 Å². The summed E-state index contributed by atoms with van der Waals surface area (Å²) in [6.07, 6.45) is -0.291. The average molecular weight is 381 g/mol. The van der Waals surface area contributed by atoms with E-state index in [2.05, 4.69) is 10.9 Å². The Morgan fingerprint density at radius 3 is 2.36 bits per heavy atom. The van der Waals surface area contributed by atoms with Crippen LogP contribution in [0.3, 0.4) is 0 Å². The van der Waals surface area contributed by atoms with E-state index in [1.54, 1.807) is 18.2 Å². The van der Waals surface area contributed by atoms with E-state index in [-0.39, 0.29) is 10.6 Å².